The van der Waals surface area contributed by atoms with Gasteiger partial charge in [-0.05, 0) is 46.5 Å². The van der Waals surface area contributed by atoms with Gasteiger partial charge in [0.2, 0.25) is 0 Å². The molecule has 0 saturated heterocycles. The minimum absolute atomic E-state index is 0.727. The first-order chi connectivity index (χ1) is 15.2. The van der Waals surface area contributed by atoms with Crippen LogP contribution < -0.4 is 0 Å². The van der Waals surface area contributed by atoms with Crippen LogP contribution in [0.4, 0.5) is 0 Å². The van der Waals surface area contributed by atoms with Gasteiger partial charge < -0.3 is 4.90 Å². The van der Waals surface area contributed by atoms with E-state index in [0.717, 1.165) is 39.8 Å². The summed E-state index contributed by atoms with van der Waals surface area (Å²) in [4.78, 5) is 2.35. The van der Waals surface area contributed by atoms with Crippen molar-refractivity contribution in [2.24, 2.45) is 0 Å². The fourth-order valence-electron chi connectivity index (χ4n) is 3.54. The highest BCUT2D eigenvalue weighted by Gasteiger charge is 2.10. The van der Waals surface area contributed by atoms with E-state index in [1.165, 1.54) is 11.1 Å². The van der Waals surface area contributed by atoms with Crippen LogP contribution in [0, 0.1) is 0 Å². The molecule has 0 aromatic heterocycles. The van der Waals surface area contributed by atoms with E-state index in [1.807, 2.05) is 36.4 Å². The molecule has 0 heterocycles. The van der Waals surface area contributed by atoms with E-state index in [-0.39, 0.29) is 0 Å². The third kappa shape index (κ3) is 6.01. The molecular formula is C28H23Cl2N. The lowest BCUT2D eigenvalue weighted by molar-refractivity contribution is 0.363. The topological polar surface area (TPSA) is 3.24 Å². The van der Waals surface area contributed by atoms with Crippen molar-refractivity contribution in [1.82, 2.24) is 4.90 Å². The monoisotopic (exact) mass is 443 g/mol. The van der Waals surface area contributed by atoms with Gasteiger partial charge in [0.15, 0.2) is 0 Å². The summed E-state index contributed by atoms with van der Waals surface area (Å²) >= 11 is 12.3. The number of rotatable bonds is 7. The molecule has 4 aromatic rings. The Hall–Kier alpha value is -3.00. The zero-order chi connectivity index (χ0) is 21.5. The van der Waals surface area contributed by atoms with Crippen molar-refractivity contribution in [1.29, 1.82) is 0 Å². The summed E-state index contributed by atoms with van der Waals surface area (Å²) in [5, 5.41) is 1.45. The number of halogens is 2. The molecule has 31 heavy (non-hydrogen) atoms. The number of benzene rings is 4. The Morgan fingerprint density at radius 2 is 0.935 bits per heavy atom. The maximum absolute atomic E-state index is 6.16. The van der Waals surface area contributed by atoms with E-state index in [2.05, 4.69) is 83.9 Å². The highest BCUT2D eigenvalue weighted by atomic mass is 35.5. The molecule has 0 saturated carbocycles. The second-order valence-corrected chi connectivity index (χ2v) is 8.31. The van der Waals surface area contributed by atoms with Crippen LogP contribution in [0.3, 0.4) is 0 Å². The van der Waals surface area contributed by atoms with E-state index in [1.54, 1.807) is 0 Å². The Morgan fingerprint density at radius 1 is 0.548 bits per heavy atom. The molecule has 0 spiro atoms. The third-order valence-corrected chi connectivity index (χ3v) is 5.58. The standard InChI is InChI=1S/C28H23Cl2N/c29-26-15-11-24(12-16-26)28(25-13-17-27(30)18-14-25)21-31(19-22-7-3-1-4-8-22)20-23-9-5-2-6-10-23/h1-18,21H,19-20H2. The number of hydrogen-bond donors (Lipinski definition) is 0. The Labute approximate surface area is 194 Å². The zero-order valence-corrected chi connectivity index (χ0v) is 18.6. The summed E-state index contributed by atoms with van der Waals surface area (Å²) < 4.78 is 0. The zero-order valence-electron chi connectivity index (χ0n) is 17.1. The van der Waals surface area contributed by atoms with Gasteiger partial charge in [0.1, 0.15) is 0 Å². The smallest absolute Gasteiger partial charge is 0.0427 e. The quantitative estimate of drug-likeness (QED) is 0.278. The van der Waals surface area contributed by atoms with Crippen LogP contribution in [0.1, 0.15) is 22.3 Å². The summed E-state index contributed by atoms with van der Waals surface area (Å²) in [7, 11) is 0. The van der Waals surface area contributed by atoms with Gasteiger partial charge in [-0.1, -0.05) is 108 Å². The third-order valence-electron chi connectivity index (χ3n) is 5.08. The van der Waals surface area contributed by atoms with Crippen molar-refractivity contribution in [2.75, 3.05) is 0 Å². The molecule has 0 amide bonds. The first-order valence-corrected chi connectivity index (χ1v) is 11.0. The van der Waals surface area contributed by atoms with Gasteiger partial charge in [-0.15, -0.1) is 0 Å². The van der Waals surface area contributed by atoms with Gasteiger partial charge in [-0.3, -0.25) is 0 Å². The van der Waals surface area contributed by atoms with Gasteiger partial charge in [0.25, 0.3) is 0 Å². The minimum atomic E-state index is 0.727. The van der Waals surface area contributed by atoms with E-state index < -0.39 is 0 Å². The molecule has 0 fully saturated rings. The van der Waals surface area contributed by atoms with E-state index >= 15 is 0 Å². The van der Waals surface area contributed by atoms with Crippen molar-refractivity contribution in [3.63, 3.8) is 0 Å². The number of hydrogen-bond acceptors (Lipinski definition) is 1. The molecule has 0 aliphatic rings. The van der Waals surface area contributed by atoms with E-state index in [9.17, 15) is 0 Å². The molecule has 154 valence electrons. The second kappa shape index (κ2) is 10.3. The summed E-state index contributed by atoms with van der Waals surface area (Å²) in [6.45, 7) is 1.61. The van der Waals surface area contributed by atoms with Crippen molar-refractivity contribution in [3.05, 3.63) is 148 Å². The number of nitrogens with zero attached hydrogens (tertiary/aromatic N) is 1. The molecule has 0 aliphatic carbocycles. The predicted octanol–water partition coefficient (Wildman–Crippen LogP) is 8.09. The first-order valence-electron chi connectivity index (χ1n) is 10.2. The van der Waals surface area contributed by atoms with Gasteiger partial charge in [-0.25, -0.2) is 0 Å². The molecule has 0 bridgehead atoms. The lowest BCUT2D eigenvalue weighted by Crippen LogP contribution is -2.17. The van der Waals surface area contributed by atoms with Crippen LogP contribution in [-0.2, 0) is 13.1 Å². The normalized spacial score (nSPS) is 10.5. The minimum Gasteiger partial charge on any atom is -0.368 e. The van der Waals surface area contributed by atoms with E-state index in [0.29, 0.717) is 0 Å². The largest absolute Gasteiger partial charge is 0.368 e. The molecule has 0 N–H and O–H groups in total. The SMILES string of the molecule is Clc1ccc(C(=CN(Cc2ccccc2)Cc2ccccc2)c2ccc(Cl)cc2)cc1. The fraction of sp³-hybridized carbons (Fsp3) is 0.0714. The van der Waals surface area contributed by atoms with Crippen LogP contribution in [0.5, 0.6) is 0 Å². The van der Waals surface area contributed by atoms with Crippen molar-refractivity contribution in [3.8, 4) is 0 Å². The molecule has 0 radical (unpaired) electrons. The first kappa shape index (κ1) is 21.2. The molecule has 4 aromatic carbocycles. The maximum atomic E-state index is 6.16. The Kier molecular flexibility index (Phi) is 7.09. The van der Waals surface area contributed by atoms with Crippen molar-refractivity contribution < 1.29 is 0 Å². The lowest BCUT2D eigenvalue weighted by atomic mass is 9.98. The van der Waals surface area contributed by atoms with Crippen LogP contribution in [-0.4, -0.2) is 4.90 Å². The predicted molar refractivity (Wildman–Crippen MR) is 132 cm³/mol. The maximum Gasteiger partial charge on any atom is 0.0427 e. The molecule has 0 atom stereocenters. The Morgan fingerprint density at radius 3 is 1.32 bits per heavy atom. The van der Waals surface area contributed by atoms with Gasteiger partial charge in [0, 0.05) is 34.9 Å². The molecule has 0 aliphatic heterocycles. The Bertz CT molecular complexity index is 1030. The van der Waals surface area contributed by atoms with Crippen molar-refractivity contribution >= 4 is 28.8 Å². The summed E-state index contributed by atoms with van der Waals surface area (Å²) in [6, 6.07) is 37.0. The molecular weight excluding hydrogens is 421 g/mol. The average Bonchev–Trinajstić information content (AvgIpc) is 2.80. The highest BCUT2D eigenvalue weighted by Crippen LogP contribution is 2.27. The second-order valence-electron chi connectivity index (χ2n) is 7.43. The molecule has 3 heteroatoms. The fourth-order valence-corrected chi connectivity index (χ4v) is 3.79. The molecule has 4 rings (SSSR count). The van der Waals surface area contributed by atoms with Crippen molar-refractivity contribution in [2.45, 2.75) is 13.1 Å². The summed E-state index contributed by atoms with van der Waals surface area (Å²) in [6.07, 6.45) is 2.24. The average molecular weight is 444 g/mol. The van der Waals surface area contributed by atoms with Crippen LogP contribution in [0.25, 0.3) is 5.57 Å². The van der Waals surface area contributed by atoms with Crippen LogP contribution in [0.15, 0.2) is 115 Å². The van der Waals surface area contributed by atoms with Crippen LogP contribution >= 0.6 is 23.2 Å². The summed E-state index contributed by atoms with van der Waals surface area (Å²) in [5.41, 5.74) is 5.87. The Balaban J connectivity index is 1.76. The highest BCUT2D eigenvalue weighted by molar-refractivity contribution is 6.31. The van der Waals surface area contributed by atoms with Crippen LogP contribution in [0.2, 0.25) is 10.0 Å². The summed E-state index contributed by atoms with van der Waals surface area (Å²) in [5.74, 6) is 0. The molecule has 0 unspecified atom stereocenters. The molecule has 1 nitrogen and oxygen atoms in total. The van der Waals surface area contributed by atoms with Gasteiger partial charge in [0.05, 0.1) is 0 Å². The van der Waals surface area contributed by atoms with Gasteiger partial charge >= 0.3 is 0 Å². The van der Waals surface area contributed by atoms with Gasteiger partial charge in [-0.2, -0.15) is 0 Å². The van der Waals surface area contributed by atoms with E-state index in [4.69, 9.17) is 23.2 Å². The lowest BCUT2D eigenvalue weighted by Gasteiger charge is -2.23.